The van der Waals surface area contributed by atoms with Crippen LogP contribution in [0.5, 0.6) is 0 Å². The first-order chi connectivity index (χ1) is 8.53. The molecule has 0 unspecified atom stereocenters. The largest absolute Gasteiger partial charge is 0.399 e. The lowest BCUT2D eigenvalue weighted by Crippen LogP contribution is -2.33. The smallest absolute Gasteiger partial charge is 0.242 e. The van der Waals surface area contributed by atoms with E-state index in [2.05, 4.69) is 4.72 Å². The van der Waals surface area contributed by atoms with E-state index in [9.17, 15) is 8.42 Å². The van der Waals surface area contributed by atoms with E-state index in [1.165, 1.54) is 18.2 Å². The minimum atomic E-state index is -3.63. The van der Waals surface area contributed by atoms with E-state index in [0.717, 1.165) is 25.7 Å². The van der Waals surface area contributed by atoms with Crippen LogP contribution in [0.3, 0.4) is 0 Å². The molecule has 1 aliphatic carbocycles. The first-order valence-electron chi connectivity index (χ1n) is 5.85. The molecular weight excluding hydrogens is 250 g/mol. The number of nitrogen functional groups attached to an aromatic ring is 1. The fourth-order valence-electron chi connectivity index (χ4n) is 2.20. The molecule has 0 amide bonds. The summed E-state index contributed by atoms with van der Waals surface area (Å²) in [5.74, 6) is 0. The summed E-state index contributed by atoms with van der Waals surface area (Å²) >= 11 is 0. The second-order valence-electron chi connectivity index (χ2n) is 4.47. The zero-order chi connectivity index (χ0) is 13.2. The lowest BCUT2D eigenvalue weighted by molar-refractivity contribution is 0.552. The molecule has 5 nitrogen and oxygen atoms in total. The monoisotopic (exact) mass is 265 g/mol. The van der Waals surface area contributed by atoms with Crippen molar-refractivity contribution < 1.29 is 8.42 Å². The first-order valence-corrected chi connectivity index (χ1v) is 7.33. The number of anilines is 1. The molecule has 1 aromatic rings. The molecule has 0 atom stereocenters. The SMILES string of the molecule is N#Cc1cc(N)ccc1S(=O)(=O)NC1CCCC1. The summed E-state index contributed by atoms with van der Waals surface area (Å²) in [4.78, 5) is 0.00565. The maximum absolute atomic E-state index is 12.2. The van der Waals surface area contributed by atoms with Crippen molar-refractivity contribution in [3.8, 4) is 6.07 Å². The molecule has 0 aliphatic heterocycles. The van der Waals surface area contributed by atoms with E-state index in [-0.39, 0.29) is 16.5 Å². The zero-order valence-corrected chi connectivity index (χ0v) is 10.7. The van der Waals surface area contributed by atoms with Crippen LogP contribution in [0.2, 0.25) is 0 Å². The molecule has 1 fully saturated rings. The number of rotatable bonds is 3. The van der Waals surface area contributed by atoms with Crippen molar-refractivity contribution in [2.24, 2.45) is 0 Å². The van der Waals surface area contributed by atoms with Gasteiger partial charge in [-0.25, -0.2) is 13.1 Å². The van der Waals surface area contributed by atoms with E-state index in [1.807, 2.05) is 6.07 Å². The summed E-state index contributed by atoms with van der Waals surface area (Å²) in [5, 5.41) is 8.97. The molecule has 1 saturated carbocycles. The Labute approximate surface area is 107 Å². The van der Waals surface area contributed by atoms with Crippen molar-refractivity contribution in [2.75, 3.05) is 5.73 Å². The van der Waals surface area contributed by atoms with Crippen LogP contribution in [0, 0.1) is 11.3 Å². The maximum Gasteiger partial charge on any atom is 0.242 e. The van der Waals surface area contributed by atoms with Crippen molar-refractivity contribution in [2.45, 2.75) is 36.6 Å². The maximum atomic E-state index is 12.2. The predicted octanol–water partition coefficient (Wildman–Crippen LogP) is 1.36. The Bertz CT molecular complexity index is 584. The molecule has 0 heterocycles. The van der Waals surface area contributed by atoms with Crippen LogP contribution in [-0.4, -0.2) is 14.5 Å². The molecule has 96 valence electrons. The molecule has 2 rings (SSSR count). The molecule has 0 aromatic heterocycles. The van der Waals surface area contributed by atoms with E-state index >= 15 is 0 Å². The Morgan fingerprint density at radius 2 is 2.00 bits per heavy atom. The highest BCUT2D eigenvalue weighted by molar-refractivity contribution is 7.89. The highest BCUT2D eigenvalue weighted by Gasteiger charge is 2.24. The van der Waals surface area contributed by atoms with Crippen LogP contribution in [0.25, 0.3) is 0 Å². The number of nitrogens with zero attached hydrogens (tertiary/aromatic N) is 1. The normalized spacial score (nSPS) is 16.6. The summed E-state index contributed by atoms with van der Waals surface area (Å²) in [6.45, 7) is 0. The van der Waals surface area contributed by atoms with Crippen molar-refractivity contribution in [3.05, 3.63) is 23.8 Å². The lowest BCUT2D eigenvalue weighted by Gasteiger charge is -2.13. The number of hydrogen-bond acceptors (Lipinski definition) is 4. The number of nitrogens with one attached hydrogen (secondary N) is 1. The van der Waals surface area contributed by atoms with Gasteiger partial charge >= 0.3 is 0 Å². The van der Waals surface area contributed by atoms with Crippen molar-refractivity contribution in [1.29, 1.82) is 5.26 Å². The molecule has 0 saturated heterocycles. The third-order valence-electron chi connectivity index (χ3n) is 3.09. The number of nitrogens with two attached hydrogens (primary N) is 1. The van der Waals surface area contributed by atoms with E-state index in [1.54, 1.807) is 0 Å². The molecule has 0 bridgehead atoms. The minimum absolute atomic E-state index is 0.00565. The van der Waals surface area contributed by atoms with Crippen LogP contribution < -0.4 is 10.5 Å². The van der Waals surface area contributed by atoms with Gasteiger partial charge < -0.3 is 5.73 Å². The van der Waals surface area contributed by atoms with Gasteiger partial charge in [0.05, 0.1) is 10.5 Å². The molecule has 1 aliphatic rings. The molecule has 0 radical (unpaired) electrons. The Hall–Kier alpha value is -1.58. The number of hydrogen-bond donors (Lipinski definition) is 2. The van der Waals surface area contributed by atoms with Gasteiger partial charge in [0.25, 0.3) is 0 Å². The van der Waals surface area contributed by atoms with Gasteiger partial charge in [0.1, 0.15) is 6.07 Å². The number of benzene rings is 1. The summed E-state index contributed by atoms with van der Waals surface area (Å²) in [6, 6.07) is 6.10. The van der Waals surface area contributed by atoms with E-state index in [0.29, 0.717) is 5.69 Å². The van der Waals surface area contributed by atoms with Gasteiger partial charge in [-0.3, -0.25) is 0 Å². The second kappa shape index (κ2) is 4.96. The van der Waals surface area contributed by atoms with Gasteiger partial charge in [-0.05, 0) is 31.0 Å². The van der Waals surface area contributed by atoms with Crippen LogP contribution in [-0.2, 0) is 10.0 Å². The topological polar surface area (TPSA) is 96.0 Å². The Morgan fingerprint density at radius 1 is 1.33 bits per heavy atom. The molecule has 18 heavy (non-hydrogen) atoms. The molecular formula is C12H15N3O2S. The fourth-order valence-corrected chi connectivity index (χ4v) is 3.64. The van der Waals surface area contributed by atoms with Gasteiger partial charge in [-0.15, -0.1) is 0 Å². The van der Waals surface area contributed by atoms with E-state index in [4.69, 9.17) is 11.0 Å². The predicted molar refractivity (Wildman–Crippen MR) is 68.1 cm³/mol. The molecule has 0 spiro atoms. The van der Waals surface area contributed by atoms with Crippen molar-refractivity contribution >= 4 is 15.7 Å². The molecule has 3 N–H and O–H groups in total. The lowest BCUT2D eigenvalue weighted by atomic mass is 10.2. The van der Waals surface area contributed by atoms with Crippen LogP contribution in [0.1, 0.15) is 31.2 Å². The first kappa shape index (κ1) is 12.9. The van der Waals surface area contributed by atoms with Gasteiger partial charge in [0, 0.05) is 11.7 Å². The Kier molecular flexibility index (Phi) is 3.55. The van der Waals surface area contributed by atoms with Gasteiger partial charge in [-0.1, -0.05) is 12.8 Å². The number of nitriles is 1. The van der Waals surface area contributed by atoms with E-state index < -0.39 is 10.0 Å². The summed E-state index contributed by atoms with van der Waals surface area (Å²) < 4.78 is 27.0. The average molecular weight is 265 g/mol. The molecule has 1 aromatic carbocycles. The van der Waals surface area contributed by atoms with Gasteiger partial charge in [0.15, 0.2) is 0 Å². The number of sulfonamides is 1. The van der Waals surface area contributed by atoms with Crippen molar-refractivity contribution in [3.63, 3.8) is 0 Å². The second-order valence-corrected chi connectivity index (χ2v) is 6.15. The third-order valence-corrected chi connectivity index (χ3v) is 4.67. The summed E-state index contributed by atoms with van der Waals surface area (Å²) in [5.41, 5.74) is 6.01. The highest BCUT2D eigenvalue weighted by atomic mass is 32.2. The fraction of sp³-hybridized carbons (Fsp3) is 0.417. The van der Waals surface area contributed by atoms with Crippen LogP contribution in [0.15, 0.2) is 23.1 Å². The van der Waals surface area contributed by atoms with Gasteiger partial charge in [-0.2, -0.15) is 5.26 Å². The zero-order valence-electron chi connectivity index (χ0n) is 9.89. The van der Waals surface area contributed by atoms with Crippen molar-refractivity contribution in [1.82, 2.24) is 4.72 Å². The average Bonchev–Trinajstić information content (AvgIpc) is 2.80. The third kappa shape index (κ3) is 2.63. The highest BCUT2D eigenvalue weighted by Crippen LogP contribution is 2.22. The summed E-state index contributed by atoms with van der Waals surface area (Å²) in [6.07, 6.45) is 3.80. The molecule has 6 heteroatoms. The Morgan fingerprint density at radius 3 is 2.61 bits per heavy atom. The van der Waals surface area contributed by atoms with Crippen LogP contribution in [0.4, 0.5) is 5.69 Å². The quantitative estimate of drug-likeness (QED) is 0.806. The van der Waals surface area contributed by atoms with Gasteiger partial charge in [0.2, 0.25) is 10.0 Å². The standard InChI is InChI=1S/C12H15N3O2S/c13-8-9-7-10(14)5-6-12(9)18(16,17)15-11-3-1-2-4-11/h5-7,11,15H,1-4,14H2. The summed E-state index contributed by atoms with van der Waals surface area (Å²) in [7, 11) is -3.63. The van der Waals surface area contributed by atoms with Crippen LogP contribution >= 0.6 is 0 Å². The Balaban J connectivity index is 2.32. The minimum Gasteiger partial charge on any atom is -0.399 e.